The maximum atomic E-state index is 10.0. The molecule has 3 atom stereocenters. The molecule has 1 rings (SSSR count). The first-order valence-electron chi connectivity index (χ1n) is 5.11. The molecule has 0 amide bonds. The minimum Gasteiger partial charge on any atom is -0.211 e. The van der Waals surface area contributed by atoms with E-state index in [-0.39, 0.29) is 5.41 Å². The van der Waals surface area contributed by atoms with E-state index in [0.717, 1.165) is 11.8 Å². The molecule has 0 N–H and O–H groups in total. The van der Waals surface area contributed by atoms with Crippen LogP contribution in [0.1, 0.15) is 40.0 Å². The number of isocyanates is 1. The normalized spacial score (nSPS) is 39.6. The van der Waals surface area contributed by atoms with Gasteiger partial charge in [-0.15, -0.1) is 0 Å². The van der Waals surface area contributed by atoms with Gasteiger partial charge in [0.15, 0.2) is 0 Å². The van der Waals surface area contributed by atoms with Gasteiger partial charge < -0.3 is 0 Å². The lowest BCUT2D eigenvalue weighted by Gasteiger charge is -2.39. The first-order valence-corrected chi connectivity index (χ1v) is 5.11. The van der Waals surface area contributed by atoms with Gasteiger partial charge in [-0.1, -0.05) is 20.8 Å². The molecule has 2 heteroatoms. The Morgan fingerprint density at radius 3 is 2.69 bits per heavy atom. The first-order chi connectivity index (χ1) is 6.07. The molecule has 13 heavy (non-hydrogen) atoms. The molecule has 0 spiro atoms. The molecule has 0 heterocycles. The Balaban J connectivity index is 2.55. The van der Waals surface area contributed by atoms with Crippen molar-refractivity contribution in [1.29, 1.82) is 0 Å². The molecule has 0 aromatic rings. The number of hydrogen-bond donors (Lipinski definition) is 0. The van der Waals surface area contributed by atoms with Gasteiger partial charge in [-0.05, 0) is 36.5 Å². The van der Waals surface area contributed by atoms with Gasteiger partial charge in [-0.3, -0.25) is 0 Å². The highest BCUT2D eigenvalue weighted by Gasteiger charge is 2.33. The van der Waals surface area contributed by atoms with Crippen molar-refractivity contribution >= 4 is 6.08 Å². The van der Waals surface area contributed by atoms with Gasteiger partial charge >= 0.3 is 0 Å². The highest BCUT2D eigenvalue weighted by Crippen LogP contribution is 2.41. The fourth-order valence-electron chi connectivity index (χ4n) is 2.31. The van der Waals surface area contributed by atoms with Crippen LogP contribution in [0.25, 0.3) is 0 Å². The van der Waals surface area contributed by atoms with Crippen molar-refractivity contribution in [2.45, 2.75) is 40.0 Å². The second-order valence-corrected chi connectivity index (χ2v) is 4.92. The Morgan fingerprint density at radius 2 is 2.15 bits per heavy atom. The summed E-state index contributed by atoms with van der Waals surface area (Å²) in [6.07, 6.45) is 5.30. The molecule has 1 aliphatic carbocycles. The van der Waals surface area contributed by atoms with Crippen molar-refractivity contribution in [3.63, 3.8) is 0 Å². The first kappa shape index (κ1) is 10.5. The smallest absolute Gasteiger partial charge is 0.211 e. The van der Waals surface area contributed by atoms with Gasteiger partial charge in [0.2, 0.25) is 6.08 Å². The standard InChI is InChI=1S/C11H19NO/c1-9-4-5-11(3,6-10(9)2)7-12-8-13/h9-10H,4-7H2,1-3H3. The lowest BCUT2D eigenvalue weighted by Crippen LogP contribution is -2.31. The molecule has 1 aliphatic rings. The Kier molecular flexibility index (Phi) is 3.27. The number of carbonyl (C=O) groups excluding carboxylic acids is 1. The van der Waals surface area contributed by atoms with Crippen LogP contribution in [0.4, 0.5) is 0 Å². The Morgan fingerprint density at radius 1 is 1.46 bits per heavy atom. The van der Waals surface area contributed by atoms with Gasteiger partial charge in [-0.25, -0.2) is 9.79 Å². The maximum Gasteiger partial charge on any atom is 0.234 e. The molecule has 0 aliphatic heterocycles. The van der Waals surface area contributed by atoms with E-state index in [9.17, 15) is 4.79 Å². The van der Waals surface area contributed by atoms with Crippen LogP contribution in [0.2, 0.25) is 0 Å². The monoisotopic (exact) mass is 181 g/mol. The average molecular weight is 181 g/mol. The second-order valence-electron chi connectivity index (χ2n) is 4.92. The van der Waals surface area contributed by atoms with E-state index in [1.165, 1.54) is 19.3 Å². The second kappa shape index (κ2) is 4.06. The van der Waals surface area contributed by atoms with Crippen molar-refractivity contribution < 1.29 is 4.79 Å². The van der Waals surface area contributed by atoms with Crippen LogP contribution in [-0.4, -0.2) is 12.6 Å². The summed E-state index contributed by atoms with van der Waals surface area (Å²) in [5.41, 5.74) is 0.253. The summed E-state index contributed by atoms with van der Waals surface area (Å²) in [5.74, 6) is 1.59. The zero-order valence-electron chi connectivity index (χ0n) is 8.84. The minimum absolute atomic E-state index is 0.253. The zero-order chi connectivity index (χ0) is 9.90. The lowest BCUT2D eigenvalue weighted by molar-refractivity contribution is 0.129. The van der Waals surface area contributed by atoms with Crippen molar-refractivity contribution in [1.82, 2.24) is 0 Å². The van der Waals surface area contributed by atoms with Crippen molar-refractivity contribution in [3.8, 4) is 0 Å². The van der Waals surface area contributed by atoms with Crippen molar-refractivity contribution in [3.05, 3.63) is 0 Å². The van der Waals surface area contributed by atoms with Crippen LogP contribution in [-0.2, 0) is 4.79 Å². The van der Waals surface area contributed by atoms with E-state index < -0.39 is 0 Å². The molecule has 0 radical (unpaired) electrons. The predicted molar refractivity (Wildman–Crippen MR) is 53.3 cm³/mol. The molecular weight excluding hydrogens is 162 g/mol. The third-order valence-corrected chi connectivity index (χ3v) is 3.51. The summed E-state index contributed by atoms with van der Waals surface area (Å²) in [6.45, 7) is 7.50. The van der Waals surface area contributed by atoms with Crippen molar-refractivity contribution in [2.24, 2.45) is 22.2 Å². The third-order valence-electron chi connectivity index (χ3n) is 3.51. The highest BCUT2D eigenvalue weighted by molar-refractivity contribution is 5.33. The Labute approximate surface area is 80.4 Å². The number of hydrogen-bond acceptors (Lipinski definition) is 2. The minimum atomic E-state index is 0.253. The summed E-state index contributed by atoms with van der Waals surface area (Å²) in [5, 5.41) is 0. The molecule has 3 unspecified atom stereocenters. The molecule has 74 valence electrons. The van der Waals surface area contributed by atoms with Gasteiger partial charge in [0.05, 0.1) is 6.54 Å². The van der Waals surface area contributed by atoms with Gasteiger partial charge in [0.25, 0.3) is 0 Å². The van der Waals surface area contributed by atoms with Crippen LogP contribution < -0.4 is 0 Å². The predicted octanol–water partition coefficient (Wildman–Crippen LogP) is 2.78. The van der Waals surface area contributed by atoms with Gasteiger partial charge in [0.1, 0.15) is 0 Å². The molecule has 2 nitrogen and oxygen atoms in total. The summed E-state index contributed by atoms with van der Waals surface area (Å²) in [6, 6.07) is 0. The van der Waals surface area contributed by atoms with E-state index in [1.807, 2.05) is 0 Å². The van der Waals surface area contributed by atoms with Gasteiger partial charge in [-0.2, -0.15) is 0 Å². The van der Waals surface area contributed by atoms with E-state index in [2.05, 4.69) is 25.8 Å². The van der Waals surface area contributed by atoms with E-state index >= 15 is 0 Å². The quantitative estimate of drug-likeness (QED) is 0.476. The van der Waals surface area contributed by atoms with Crippen LogP contribution >= 0.6 is 0 Å². The maximum absolute atomic E-state index is 10.0. The molecule has 0 bridgehead atoms. The SMILES string of the molecule is CC1CCC(C)(CN=C=O)CC1C. The number of rotatable bonds is 2. The van der Waals surface area contributed by atoms with Crippen LogP contribution in [0.15, 0.2) is 4.99 Å². The van der Waals surface area contributed by atoms with E-state index in [4.69, 9.17) is 0 Å². The number of nitrogens with zero attached hydrogens (tertiary/aromatic N) is 1. The van der Waals surface area contributed by atoms with Gasteiger partial charge in [0, 0.05) is 0 Å². The summed E-state index contributed by atoms with van der Waals surface area (Å²) < 4.78 is 0. The molecule has 0 saturated heterocycles. The van der Waals surface area contributed by atoms with Crippen LogP contribution in [0.3, 0.4) is 0 Å². The summed E-state index contributed by atoms with van der Waals surface area (Å²) >= 11 is 0. The lowest BCUT2D eigenvalue weighted by atomic mass is 9.67. The molecule has 1 saturated carbocycles. The molecular formula is C11H19NO. The summed E-state index contributed by atoms with van der Waals surface area (Å²) in [4.78, 5) is 13.8. The molecule has 0 aromatic heterocycles. The van der Waals surface area contributed by atoms with Crippen LogP contribution in [0.5, 0.6) is 0 Å². The zero-order valence-corrected chi connectivity index (χ0v) is 8.84. The Hall–Kier alpha value is -0.620. The van der Waals surface area contributed by atoms with E-state index in [0.29, 0.717) is 6.54 Å². The fourth-order valence-corrected chi connectivity index (χ4v) is 2.31. The number of aliphatic imine (C=N–C) groups is 1. The fraction of sp³-hybridized carbons (Fsp3) is 0.909. The highest BCUT2D eigenvalue weighted by atomic mass is 16.1. The molecule has 0 aromatic carbocycles. The van der Waals surface area contributed by atoms with Crippen LogP contribution in [0, 0.1) is 17.3 Å². The topological polar surface area (TPSA) is 29.4 Å². The average Bonchev–Trinajstić information content (AvgIpc) is 2.09. The molecule has 1 fully saturated rings. The van der Waals surface area contributed by atoms with E-state index in [1.54, 1.807) is 6.08 Å². The van der Waals surface area contributed by atoms with Crippen molar-refractivity contribution in [2.75, 3.05) is 6.54 Å². The third kappa shape index (κ3) is 2.67. The Bertz CT molecular complexity index is 220. The largest absolute Gasteiger partial charge is 0.234 e. The summed E-state index contributed by atoms with van der Waals surface area (Å²) in [7, 11) is 0.